The van der Waals surface area contributed by atoms with E-state index in [9.17, 15) is 10.1 Å². The summed E-state index contributed by atoms with van der Waals surface area (Å²) in [5.74, 6) is 0.501. The van der Waals surface area contributed by atoms with Crippen LogP contribution in [0.3, 0.4) is 0 Å². The summed E-state index contributed by atoms with van der Waals surface area (Å²) in [6, 6.07) is 6.05. The van der Waals surface area contributed by atoms with Gasteiger partial charge < -0.3 is 10.1 Å². The number of nitrogens with one attached hydrogen (secondary N) is 1. The molecule has 88 valence electrons. The fourth-order valence-corrected chi connectivity index (χ4v) is 1.76. The lowest BCUT2D eigenvalue weighted by Crippen LogP contribution is -2.19. The maximum Gasteiger partial charge on any atom is 0.287 e. The van der Waals surface area contributed by atoms with Gasteiger partial charge in [0.25, 0.3) is 5.69 Å². The molecule has 0 amide bonds. The first-order chi connectivity index (χ1) is 8.20. The Morgan fingerprint density at radius 2 is 2.41 bits per heavy atom. The third-order valence-corrected chi connectivity index (χ3v) is 2.60. The average molecular weight is 233 g/mol. The maximum absolute atomic E-state index is 10.6. The molecule has 1 aromatic rings. The van der Waals surface area contributed by atoms with Gasteiger partial charge in [0.1, 0.15) is 23.5 Å². The van der Waals surface area contributed by atoms with Gasteiger partial charge in [0.05, 0.1) is 4.92 Å². The van der Waals surface area contributed by atoms with E-state index in [1.165, 1.54) is 18.2 Å². The zero-order valence-corrected chi connectivity index (χ0v) is 9.05. The number of hydrogen-bond donors (Lipinski definition) is 1. The minimum atomic E-state index is -0.570. The Morgan fingerprint density at radius 1 is 1.59 bits per heavy atom. The summed E-state index contributed by atoms with van der Waals surface area (Å²) in [4.78, 5) is 10.1. The molecule has 1 aromatic carbocycles. The van der Waals surface area contributed by atoms with Gasteiger partial charge in [0.2, 0.25) is 0 Å². The molecule has 1 aliphatic rings. The first-order valence-electron chi connectivity index (χ1n) is 5.26. The molecule has 0 spiro atoms. The highest BCUT2D eigenvalue weighted by molar-refractivity contribution is 5.52. The van der Waals surface area contributed by atoms with Crippen molar-refractivity contribution >= 4 is 5.69 Å². The smallest absolute Gasteiger partial charge is 0.287 e. The fraction of sp³-hybridized carbons (Fsp3) is 0.364. The van der Waals surface area contributed by atoms with E-state index in [2.05, 4.69) is 5.32 Å². The van der Waals surface area contributed by atoms with Crippen LogP contribution in [0.2, 0.25) is 0 Å². The number of nitro groups is 1. The van der Waals surface area contributed by atoms with Crippen molar-refractivity contribution in [3.05, 3.63) is 33.9 Å². The van der Waals surface area contributed by atoms with Crippen LogP contribution in [0.25, 0.3) is 0 Å². The second kappa shape index (κ2) is 4.80. The highest BCUT2D eigenvalue weighted by Gasteiger charge is 2.18. The van der Waals surface area contributed by atoms with Crippen molar-refractivity contribution in [2.45, 2.75) is 12.5 Å². The van der Waals surface area contributed by atoms with Gasteiger partial charge in [-0.1, -0.05) is 0 Å². The van der Waals surface area contributed by atoms with E-state index in [0.29, 0.717) is 5.75 Å². The molecule has 6 nitrogen and oxygen atoms in total. The Kier molecular flexibility index (Phi) is 3.21. The Hall–Kier alpha value is -2.13. The Morgan fingerprint density at radius 3 is 3.00 bits per heavy atom. The number of hydrogen-bond acceptors (Lipinski definition) is 5. The number of nitrogens with zero attached hydrogens (tertiary/aromatic N) is 2. The van der Waals surface area contributed by atoms with Crippen molar-refractivity contribution in [1.82, 2.24) is 5.32 Å². The molecule has 1 saturated heterocycles. The quantitative estimate of drug-likeness (QED) is 0.626. The predicted molar refractivity (Wildman–Crippen MR) is 59.7 cm³/mol. The van der Waals surface area contributed by atoms with E-state index in [0.717, 1.165) is 19.5 Å². The topological polar surface area (TPSA) is 88.2 Å². The van der Waals surface area contributed by atoms with Crippen molar-refractivity contribution in [3.63, 3.8) is 0 Å². The first kappa shape index (κ1) is 11.4. The van der Waals surface area contributed by atoms with Crippen LogP contribution in [0.5, 0.6) is 5.75 Å². The van der Waals surface area contributed by atoms with Gasteiger partial charge in [-0.3, -0.25) is 10.1 Å². The molecule has 2 rings (SSSR count). The van der Waals surface area contributed by atoms with Gasteiger partial charge in [0.15, 0.2) is 0 Å². The summed E-state index contributed by atoms with van der Waals surface area (Å²) < 4.78 is 5.62. The lowest BCUT2D eigenvalue weighted by molar-refractivity contribution is -0.385. The first-order valence-corrected chi connectivity index (χ1v) is 5.26. The second-order valence-corrected chi connectivity index (χ2v) is 3.78. The molecule has 1 unspecified atom stereocenters. The number of ether oxygens (including phenoxy) is 1. The number of benzene rings is 1. The molecule has 17 heavy (non-hydrogen) atoms. The van der Waals surface area contributed by atoms with Crippen LogP contribution in [-0.2, 0) is 0 Å². The lowest BCUT2D eigenvalue weighted by atomic mass is 10.2. The molecule has 6 heteroatoms. The Bertz CT molecular complexity index is 475. The van der Waals surface area contributed by atoms with Crippen molar-refractivity contribution < 1.29 is 9.66 Å². The summed E-state index contributed by atoms with van der Waals surface area (Å²) in [7, 11) is 0. The third-order valence-electron chi connectivity index (χ3n) is 2.60. The van der Waals surface area contributed by atoms with Crippen LogP contribution < -0.4 is 10.1 Å². The molecule has 0 aliphatic carbocycles. The third kappa shape index (κ3) is 2.52. The van der Waals surface area contributed by atoms with Gasteiger partial charge in [0, 0.05) is 18.7 Å². The normalized spacial score (nSPS) is 18.6. The molecule has 0 aromatic heterocycles. The fourth-order valence-electron chi connectivity index (χ4n) is 1.76. The van der Waals surface area contributed by atoms with Crippen LogP contribution in [0.4, 0.5) is 5.69 Å². The number of rotatable bonds is 3. The molecule has 1 N–H and O–H groups in total. The van der Waals surface area contributed by atoms with Crippen LogP contribution >= 0.6 is 0 Å². The monoisotopic (exact) mass is 233 g/mol. The van der Waals surface area contributed by atoms with Gasteiger partial charge in [-0.15, -0.1) is 0 Å². The van der Waals surface area contributed by atoms with E-state index < -0.39 is 4.92 Å². The molecule has 1 heterocycles. The summed E-state index contributed by atoms with van der Waals surface area (Å²) in [5.41, 5.74) is -0.164. The SMILES string of the molecule is N#Cc1cc(OC2CCNC2)ccc1[N+](=O)[O-]. The van der Waals surface area contributed by atoms with Crippen molar-refractivity contribution in [2.75, 3.05) is 13.1 Å². The van der Waals surface area contributed by atoms with Crippen LogP contribution in [-0.4, -0.2) is 24.1 Å². The van der Waals surface area contributed by atoms with Crippen LogP contribution in [0, 0.1) is 21.4 Å². The molecule has 0 saturated carbocycles. The highest BCUT2D eigenvalue weighted by atomic mass is 16.6. The van der Waals surface area contributed by atoms with Gasteiger partial charge in [-0.05, 0) is 19.0 Å². The highest BCUT2D eigenvalue weighted by Crippen LogP contribution is 2.24. The van der Waals surface area contributed by atoms with Gasteiger partial charge in [-0.2, -0.15) is 5.26 Å². The van der Waals surface area contributed by atoms with E-state index in [-0.39, 0.29) is 17.4 Å². The number of nitriles is 1. The predicted octanol–water partition coefficient (Wildman–Crippen LogP) is 1.21. The van der Waals surface area contributed by atoms with Crippen molar-refractivity contribution in [2.24, 2.45) is 0 Å². The van der Waals surface area contributed by atoms with Crippen molar-refractivity contribution in [1.29, 1.82) is 5.26 Å². The minimum Gasteiger partial charge on any atom is -0.489 e. The summed E-state index contributed by atoms with van der Waals surface area (Å²) >= 11 is 0. The van der Waals surface area contributed by atoms with Gasteiger partial charge in [-0.25, -0.2) is 0 Å². The maximum atomic E-state index is 10.6. The van der Waals surface area contributed by atoms with Gasteiger partial charge >= 0.3 is 0 Å². The summed E-state index contributed by atoms with van der Waals surface area (Å²) in [6.45, 7) is 1.67. The molecule has 1 fully saturated rings. The van der Waals surface area contributed by atoms with Crippen LogP contribution in [0.15, 0.2) is 18.2 Å². The Balaban J connectivity index is 2.19. The van der Waals surface area contributed by atoms with E-state index >= 15 is 0 Å². The van der Waals surface area contributed by atoms with E-state index in [1.807, 2.05) is 0 Å². The largest absolute Gasteiger partial charge is 0.489 e. The standard InChI is InChI=1S/C11H11N3O3/c12-6-8-5-9(1-2-11(8)14(15)16)17-10-3-4-13-7-10/h1-2,5,10,13H,3-4,7H2. The van der Waals surface area contributed by atoms with E-state index in [1.54, 1.807) is 6.07 Å². The zero-order chi connectivity index (χ0) is 12.3. The summed E-state index contributed by atoms with van der Waals surface area (Å²) in [5, 5.41) is 22.6. The molecule has 0 radical (unpaired) electrons. The minimum absolute atomic E-state index is 0.0263. The molecule has 1 atom stereocenters. The average Bonchev–Trinajstić information content (AvgIpc) is 2.81. The van der Waals surface area contributed by atoms with Crippen molar-refractivity contribution in [3.8, 4) is 11.8 Å². The lowest BCUT2D eigenvalue weighted by Gasteiger charge is -2.12. The van der Waals surface area contributed by atoms with Crippen LogP contribution in [0.1, 0.15) is 12.0 Å². The summed E-state index contributed by atoms with van der Waals surface area (Å²) in [6.07, 6.45) is 0.974. The molecular formula is C11H11N3O3. The Labute approximate surface area is 98.0 Å². The number of nitro benzene ring substituents is 1. The molecule has 0 bridgehead atoms. The molecular weight excluding hydrogens is 222 g/mol. The van der Waals surface area contributed by atoms with E-state index in [4.69, 9.17) is 10.00 Å². The molecule has 1 aliphatic heterocycles. The zero-order valence-electron chi connectivity index (χ0n) is 9.05. The second-order valence-electron chi connectivity index (χ2n) is 3.78.